The molecule has 1 amide bonds. The number of aryl methyl sites for hydroxylation is 3. The molecule has 0 atom stereocenters. The topological polar surface area (TPSA) is 97.4 Å². The predicted octanol–water partition coefficient (Wildman–Crippen LogP) is 3.50. The number of hydrogen-bond acceptors (Lipinski definition) is 5. The van der Waals surface area contributed by atoms with Crippen molar-refractivity contribution in [3.8, 4) is 5.75 Å². The van der Waals surface area contributed by atoms with E-state index in [9.17, 15) is 13.2 Å². The van der Waals surface area contributed by atoms with Gasteiger partial charge in [-0.3, -0.25) is 14.5 Å². The third-order valence-corrected chi connectivity index (χ3v) is 6.15. The fourth-order valence-electron chi connectivity index (χ4n) is 2.86. The molecule has 0 aliphatic carbocycles. The maximum absolute atomic E-state index is 12.7. The highest BCUT2D eigenvalue weighted by Gasteiger charge is 2.16. The Hall–Kier alpha value is -3.39. The number of rotatable bonds is 8. The van der Waals surface area contributed by atoms with Gasteiger partial charge in [-0.15, -0.1) is 0 Å². The SMILES string of the molecule is Cc1ccc(NS(=O)(=O)c2ccc(OCC(=O)NCc3ccccn3)c(C)c2)cc1C. The van der Waals surface area contributed by atoms with Crippen LogP contribution in [0.4, 0.5) is 5.69 Å². The highest BCUT2D eigenvalue weighted by atomic mass is 32.2. The van der Waals surface area contributed by atoms with Gasteiger partial charge in [0.25, 0.3) is 15.9 Å². The van der Waals surface area contributed by atoms with Crippen LogP contribution in [-0.4, -0.2) is 25.9 Å². The number of nitrogens with zero attached hydrogens (tertiary/aromatic N) is 1. The lowest BCUT2D eigenvalue weighted by molar-refractivity contribution is -0.123. The van der Waals surface area contributed by atoms with Gasteiger partial charge in [-0.2, -0.15) is 0 Å². The summed E-state index contributed by atoms with van der Waals surface area (Å²) in [6.45, 7) is 5.75. The number of sulfonamides is 1. The Labute approximate surface area is 182 Å². The zero-order valence-electron chi connectivity index (χ0n) is 17.7. The first-order chi connectivity index (χ1) is 14.7. The molecule has 0 fully saturated rings. The summed E-state index contributed by atoms with van der Waals surface area (Å²) in [6.07, 6.45) is 1.66. The van der Waals surface area contributed by atoms with Crippen molar-refractivity contribution < 1.29 is 17.9 Å². The van der Waals surface area contributed by atoms with Crippen LogP contribution in [0.25, 0.3) is 0 Å². The summed E-state index contributed by atoms with van der Waals surface area (Å²) < 4.78 is 33.6. The summed E-state index contributed by atoms with van der Waals surface area (Å²) in [7, 11) is -3.74. The first-order valence-electron chi connectivity index (χ1n) is 9.75. The normalized spacial score (nSPS) is 11.1. The van der Waals surface area contributed by atoms with E-state index < -0.39 is 10.0 Å². The number of amides is 1. The van der Waals surface area contributed by atoms with Gasteiger partial charge >= 0.3 is 0 Å². The van der Waals surface area contributed by atoms with E-state index in [0.717, 1.165) is 16.8 Å². The minimum absolute atomic E-state index is 0.121. The molecule has 0 spiro atoms. The average Bonchev–Trinajstić information content (AvgIpc) is 2.74. The predicted molar refractivity (Wildman–Crippen MR) is 119 cm³/mol. The highest BCUT2D eigenvalue weighted by Crippen LogP contribution is 2.24. The van der Waals surface area contributed by atoms with Crippen LogP contribution in [0.15, 0.2) is 65.7 Å². The summed E-state index contributed by atoms with van der Waals surface area (Å²) in [5, 5.41) is 2.73. The van der Waals surface area contributed by atoms with Gasteiger partial charge in [-0.1, -0.05) is 12.1 Å². The molecule has 0 aliphatic rings. The fourth-order valence-corrected chi connectivity index (χ4v) is 3.99. The van der Waals surface area contributed by atoms with Gasteiger partial charge in [-0.25, -0.2) is 8.42 Å². The van der Waals surface area contributed by atoms with Gasteiger partial charge < -0.3 is 10.1 Å². The molecule has 0 saturated carbocycles. The lowest BCUT2D eigenvalue weighted by atomic mass is 10.1. The molecule has 1 aromatic heterocycles. The summed E-state index contributed by atoms with van der Waals surface area (Å²) in [4.78, 5) is 16.3. The summed E-state index contributed by atoms with van der Waals surface area (Å²) in [6, 6.07) is 15.4. The van der Waals surface area contributed by atoms with Crippen LogP contribution in [0.3, 0.4) is 0 Å². The molecule has 31 heavy (non-hydrogen) atoms. The number of benzene rings is 2. The minimum atomic E-state index is -3.74. The molecular formula is C23H25N3O4S. The van der Waals surface area contributed by atoms with E-state index in [-0.39, 0.29) is 17.4 Å². The Morgan fingerprint density at radius 2 is 1.77 bits per heavy atom. The van der Waals surface area contributed by atoms with Crippen LogP contribution in [0, 0.1) is 20.8 Å². The van der Waals surface area contributed by atoms with Crippen molar-refractivity contribution in [3.05, 3.63) is 83.2 Å². The smallest absolute Gasteiger partial charge is 0.261 e. The quantitative estimate of drug-likeness (QED) is 0.560. The van der Waals surface area contributed by atoms with Gasteiger partial charge in [0, 0.05) is 11.9 Å². The van der Waals surface area contributed by atoms with Crippen LogP contribution in [0.2, 0.25) is 0 Å². The van der Waals surface area contributed by atoms with Gasteiger partial charge in [-0.05, 0) is 79.9 Å². The minimum Gasteiger partial charge on any atom is -0.484 e. The lowest BCUT2D eigenvalue weighted by Crippen LogP contribution is -2.28. The number of carbonyl (C=O) groups is 1. The molecule has 0 unspecified atom stereocenters. The molecule has 0 saturated heterocycles. The van der Waals surface area contributed by atoms with Crippen molar-refractivity contribution in [3.63, 3.8) is 0 Å². The molecule has 1 heterocycles. The van der Waals surface area contributed by atoms with E-state index in [0.29, 0.717) is 23.5 Å². The Balaban J connectivity index is 1.61. The van der Waals surface area contributed by atoms with Gasteiger partial charge in [0.2, 0.25) is 0 Å². The molecule has 3 aromatic rings. The Kier molecular flexibility index (Phi) is 6.91. The Morgan fingerprint density at radius 1 is 0.968 bits per heavy atom. The molecule has 162 valence electrons. The molecule has 7 nitrogen and oxygen atoms in total. The lowest BCUT2D eigenvalue weighted by Gasteiger charge is -2.13. The molecule has 3 rings (SSSR count). The molecule has 0 aliphatic heterocycles. The maximum atomic E-state index is 12.7. The van der Waals surface area contributed by atoms with Gasteiger partial charge in [0.1, 0.15) is 5.75 Å². The number of hydrogen-bond donors (Lipinski definition) is 2. The van der Waals surface area contributed by atoms with Gasteiger partial charge in [0.05, 0.1) is 17.1 Å². The summed E-state index contributed by atoms with van der Waals surface area (Å²) in [5.74, 6) is 0.149. The monoisotopic (exact) mass is 439 g/mol. The first-order valence-corrected chi connectivity index (χ1v) is 11.2. The third kappa shape index (κ3) is 6.05. The largest absolute Gasteiger partial charge is 0.484 e. The zero-order valence-corrected chi connectivity index (χ0v) is 18.5. The molecule has 8 heteroatoms. The van der Waals surface area contributed by atoms with Gasteiger partial charge in [0.15, 0.2) is 6.61 Å². The number of carbonyl (C=O) groups excluding carboxylic acids is 1. The molecule has 2 N–H and O–H groups in total. The summed E-state index contributed by atoms with van der Waals surface area (Å²) >= 11 is 0. The third-order valence-electron chi connectivity index (χ3n) is 4.77. The second-order valence-electron chi connectivity index (χ2n) is 7.22. The number of aromatic nitrogens is 1. The standard InChI is InChI=1S/C23H25N3O4S/c1-16-7-8-19(12-17(16)2)26-31(28,29)21-9-10-22(18(3)13-21)30-15-23(27)25-14-20-6-4-5-11-24-20/h4-13,26H,14-15H2,1-3H3,(H,25,27). The van der Waals surface area contributed by atoms with E-state index >= 15 is 0 Å². The van der Waals surface area contributed by atoms with E-state index in [1.807, 2.05) is 32.0 Å². The van der Waals surface area contributed by atoms with Crippen molar-refractivity contribution in [1.29, 1.82) is 0 Å². The van der Waals surface area contributed by atoms with Crippen molar-refractivity contribution in [2.45, 2.75) is 32.2 Å². The van der Waals surface area contributed by atoms with E-state index in [1.54, 1.807) is 37.4 Å². The first kappa shape index (κ1) is 22.3. The van der Waals surface area contributed by atoms with E-state index in [2.05, 4.69) is 15.0 Å². The Morgan fingerprint density at radius 3 is 2.45 bits per heavy atom. The average molecular weight is 440 g/mol. The number of anilines is 1. The second kappa shape index (κ2) is 9.61. The van der Waals surface area contributed by atoms with E-state index in [4.69, 9.17) is 4.74 Å². The van der Waals surface area contributed by atoms with Crippen LogP contribution in [-0.2, 0) is 21.4 Å². The summed E-state index contributed by atoms with van der Waals surface area (Å²) in [5.41, 5.74) is 3.95. The highest BCUT2D eigenvalue weighted by molar-refractivity contribution is 7.92. The van der Waals surface area contributed by atoms with Crippen molar-refractivity contribution in [2.75, 3.05) is 11.3 Å². The number of pyridine rings is 1. The number of ether oxygens (including phenoxy) is 1. The number of nitrogens with one attached hydrogen (secondary N) is 2. The second-order valence-corrected chi connectivity index (χ2v) is 8.90. The van der Waals surface area contributed by atoms with Crippen LogP contribution in [0.1, 0.15) is 22.4 Å². The zero-order chi connectivity index (χ0) is 22.4. The Bertz CT molecular complexity index is 1180. The molecule has 0 bridgehead atoms. The fraction of sp³-hybridized carbons (Fsp3) is 0.217. The molecule has 0 radical (unpaired) electrons. The van der Waals surface area contributed by atoms with Crippen LogP contribution >= 0.6 is 0 Å². The van der Waals surface area contributed by atoms with E-state index in [1.165, 1.54) is 12.1 Å². The molecule has 2 aromatic carbocycles. The van der Waals surface area contributed by atoms with Crippen LogP contribution < -0.4 is 14.8 Å². The maximum Gasteiger partial charge on any atom is 0.261 e. The van der Waals surface area contributed by atoms with Crippen molar-refractivity contribution in [2.24, 2.45) is 0 Å². The molecular weight excluding hydrogens is 414 g/mol. The van der Waals surface area contributed by atoms with Crippen LogP contribution in [0.5, 0.6) is 5.75 Å². The van der Waals surface area contributed by atoms with Crippen molar-refractivity contribution in [1.82, 2.24) is 10.3 Å². The van der Waals surface area contributed by atoms with Crippen molar-refractivity contribution >= 4 is 21.6 Å².